The maximum Gasteiger partial charge on any atom is 0.503 e. The van der Waals surface area contributed by atoms with Crippen LogP contribution in [-0.2, 0) is 0 Å². The molecule has 0 aromatic heterocycles. The summed E-state index contributed by atoms with van der Waals surface area (Å²) < 4.78 is 0. The largest absolute Gasteiger partial charge is 0.503 e. The lowest BCUT2D eigenvalue weighted by Gasteiger charge is -2.05. The van der Waals surface area contributed by atoms with Gasteiger partial charge in [0.05, 0.1) is 0 Å². The molecule has 0 heterocycles. The second-order valence-corrected chi connectivity index (χ2v) is 7.15. The fourth-order valence-electron chi connectivity index (χ4n) is 1.06. The van der Waals surface area contributed by atoms with E-state index in [9.17, 15) is 0 Å². The van der Waals surface area contributed by atoms with E-state index in [4.69, 9.17) is 30.0 Å². The number of carbonyl (C=O) groups is 2. The summed E-state index contributed by atoms with van der Waals surface area (Å²) in [5.74, 6) is 4.56. The fraction of sp³-hybridized carbons (Fsp3) is 0.800. The van der Waals surface area contributed by atoms with Gasteiger partial charge in [-0.15, -0.1) is 0 Å². The van der Waals surface area contributed by atoms with Crippen molar-refractivity contribution in [1.29, 1.82) is 0 Å². The highest BCUT2D eigenvalue weighted by Gasteiger charge is 1.97. The molecule has 4 N–H and O–H groups in total. The SMILES string of the molecule is C1CCCCC1.C[C](C)C(C)C.C[C](C)C(C)C.O=C(O)O.O=C(O)O. The van der Waals surface area contributed by atoms with E-state index in [0.717, 1.165) is 11.8 Å². The van der Waals surface area contributed by atoms with Crippen molar-refractivity contribution < 1.29 is 30.0 Å². The first kappa shape index (κ1) is 32.2. The highest BCUT2D eigenvalue weighted by molar-refractivity contribution is 5.53. The van der Waals surface area contributed by atoms with E-state index < -0.39 is 12.3 Å². The Morgan fingerprint density at radius 3 is 0.654 bits per heavy atom. The van der Waals surface area contributed by atoms with Crippen molar-refractivity contribution in [2.24, 2.45) is 11.8 Å². The van der Waals surface area contributed by atoms with Crippen LogP contribution in [0.15, 0.2) is 0 Å². The van der Waals surface area contributed by atoms with E-state index in [0.29, 0.717) is 0 Å². The molecule has 0 bridgehead atoms. The van der Waals surface area contributed by atoms with Crippen molar-refractivity contribution in [2.45, 2.75) is 93.9 Å². The van der Waals surface area contributed by atoms with Gasteiger partial charge in [0.1, 0.15) is 0 Å². The molecule has 0 aromatic carbocycles. The highest BCUT2D eigenvalue weighted by atomic mass is 16.6. The van der Waals surface area contributed by atoms with Gasteiger partial charge in [-0.05, 0) is 23.7 Å². The first-order valence-corrected chi connectivity index (χ1v) is 9.19. The van der Waals surface area contributed by atoms with Crippen LogP contribution in [0.1, 0.15) is 93.9 Å². The fourth-order valence-corrected chi connectivity index (χ4v) is 1.06. The zero-order chi connectivity index (χ0) is 21.7. The molecule has 6 nitrogen and oxygen atoms in total. The Hall–Kier alpha value is -1.46. The number of hydrogen-bond acceptors (Lipinski definition) is 2. The van der Waals surface area contributed by atoms with Crippen LogP contribution in [0.4, 0.5) is 9.59 Å². The van der Waals surface area contributed by atoms with Crippen LogP contribution in [-0.4, -0.2) is 32.7 Å². The Morgan fingerprint density at radius 1 is 0.538 bits per heavy atom. The summed E-state index contributed by atoms with van der Waals surface area (Å²) >= 11 is 0. The summed E-state index contributed by atoms with van der Waals surface area (Å²) in [7, 11) is 0. The first-order chi connectivity index (χ1) is 11.7. The minimum Gasteiger partial charge on any atom is -0.450 e. The Labute approximate surface area is 160 Å². The second kappa shape index (κ2) is 23.5. The molecule has 1 rings (SSSR count). The van der Waals surface area contributed by atoms with E-state index in [1.807, 2.05) is 0 Å². The van der Waals surface area contributed by atoms with Gasteiger partial charge in [0.2, 0.25) is 0 Å². The van der Waals surface area contributed by atoms with E-state index in [1.54, 1.807) is 0 Å². The molecule has 0 aromatic rings. The van der Waals surface area contributed by atoms with Gasteiger partial charge < -0.3 is 20.4 Å². The molecule has 0 spiro atoms. The van der Waals surface area contributed by atoms with Crippen LogP contribution in [0.5, 0.6) is 0 Å². The van der Waals surface area contributed by atoms with E-state index in [2.05, 4.69) is 55.4 Å². The van der Waals surface area contributed by atoms with Gasteiger partial charge >= 0.3 is 12.3 Å². The van der Waals surface area contributed by atoms with Crippen molar-refractivity contribution in [2.75, 3.05) is 0 Å². The van der Waals surface area contributed by atoms with Gasteiger partial charge in [0.15, 0.2) is 0 Å². The lowest BCUT2D eigenvalue weighted by Crippen LogP contribution is -1.93. The van der Waals surface area contributed by atoms with E-state index in [1.165, 1.54) is 50.4 Å². The molecule has 6 heteroatoms. The summed E-state index contributed by atoms with van der Waals surface area (Å²) in [6, 6.07) is 0. The van der Waals surface area contributed by atoms with Crippen LogP contribution in [0, 0.1) is 23.7 Å². The van der Waals surface area contributed by atoms with Gasteiger partial charge in [-0.25, -0.2) is 9.59 Å². The minimum absolute atomic E-state index is 0.769. The summed E-state index contributed by atoms with van der Waals surface area (Å²) in [4.78, 5) is 17.1. The summed E-state index contributed by atoms with van der Waals surface area (Å²) in [5.41, 5.74) is 0. The molecule has 1 saturated carbocycles. The van der Waals surface area contributed by atoms with Crippen LogP contribution in [0.2, 0.25) is 0 Å². The standard InChI is InChI=1S/C6H12.2C6H13.2CH2O3/c1-2-4-6-5-3-1;2*1-5(2)6(3)4;2*2-1(3)4/h1-6H2;2*5H,1-4H3;2*(H2,2,3,4). The highest BCUT2D eigenvalue weighted by Crippen LogP contribution is 2.15. The van der Waals surface area contributed by atoms with Gasteiger partial charge in [0, 0.05) is 0 Å². The molecule has 2 radical (unpaired) electrons. The summed E-state index contributed by atoms with van der Waals surface area (Å²) in [6.45, 7) is 17.4. The molecule has 0 amide bonds. The minimum atomic E-state index is -1.83. The Morgan fingerprint density at radius 2 is 0.615 bits per heavy atom. The predicted octanol–water partition coefficient (Wildman–Crippen LogP) is 7.30. The molecule has 158 valence electrons. The molecular formula is C20H42O6. The summed E-state index contributed by atoms with van der Waals surface area (Å²) in [6.07, 6.45) is 5.33. The maximum absolute atomic E-state index is 8.56. The van der Waals surface area contributed by atoms with E-state index in [-0.39, 0.29) is 0 Å². The summed E-state index contributed by atoms with van der Waals surface area (Å²) in [5, 5.41) is 27.9. The number of carboxylic acid groups (broad SMARTS) is 4. The molecule has 1 aliphatic rings. The van der Waals surface area contributed by atoms with Crippen molar-refractivity contribution >= 4 is 12.3 Å². The molecule has 0 saturated heterocycles. The molecule has 26 heavy (non-hydrogen) atoms. The van der Waals surface area contributed by atoms with Gasteiger partial charge in [-0.1, -0.05) is 93.9 Å². The third kappa shape index (κ3) is 66.5. The maximum atomic E-state index is 8.56. The molecular weight excluding hydrogens is 336 g/mol. The second-order valence-electron chi connectivity index (χ2n) is 7.15. The normalized spacial score (nSPS) is 12.5. The van der Waals surface area contributed by atoms with Crippen LogP contribution >= 0.6 is 0 Å². The predicted molar refractivity (Wildman–Crippen MR) is 108 cm³/mol. The smallest absolute Gasteiger partial charge is 0.450 e. The van der Waals surface area contributed by atoms with Crippen molar-refractivity contribution in [3.05, 3.63) is 11.8 Å². The van der Waals surface area contributed by atoms with Crippen LogP contribution in [0.3, 0.4) is 0 Å². The number of rotatable bonds is 2. The lowest BCUT2D eigenvalue weighted by atomic mass is 10.0. The zero-order valence-electron chi connectivity index (χ0n) is 18.0. The molecule has 0 aliphatic heterocycles. The zero-order valence-corrected chi connectivity index (χ0v) is 18.0. The monoisotopic (exact) mass is 378 g/mol. The topological polar surface area (TPSA) is 115 Å². The van der Waals surface area contributed by atoms with Crippen LogP contribution in [0.25, 0.3) is 0 Å². The average Bonchev–Trinajstić information content (AvgIpc) is 2.48. The molecule has 1 fully saturated rings. The third-order valence-corrected chi connectivity index (χ3v) is 3.81. The van der Waals surface area contributed by atoms with Crippen molar-refractivity contribution in [1.82, 2.24) is 0 Å². The molecule has 1 aliphatic carbocycles. The molecule has 0 atom stereocenters. The van der Waals surface area contributed by atoms with Crippen LogP contribution < -0.4 is 0 Å². The third-order valence-electron chi connectivity index (χ3n) is 3.81. The van der Waals surface area contributed by atoms with Crippen molar-refractivity contribution in [3.8, 4) is 0 Å². The van der Waals surface area contributed by atoms with Crippen molar-refractivity contribution in [3.63, 3.8) is 0 Å². The quantitative estimate of drug-likeness (QED) is 0.400. The first-order valence-electron chi connectivity index (χ1n) is 9.19. The average molecular weight is 379 g/mol. The number of hydrogen-bond donors (Lipinski definition) is 4. The Kier molecular flexibility index (Phi) is 29.2. The Bertz CT molecular complexity index is 239. The lowest BCUT2D eigenvalue weighted by molar-refractivity contribution is 0.135. The van der Waals surface area contributed by atoms with Gasteiger partial charge in [0.25, 0.3) is 0 Å². The van der Waals surface area contributed by atoms with Gasteiger partial charge in [-0.2, -0.15) is 0 Å². The Balaban J connectivity index is -0.000000118. The van der Waals surface area contributed by atoms with E-state index >= 15 is 0 Å². The van der Waals surface area contributed by atoms with Gasteiger partial charge in [-0.3, -0.25) is 0 Å². The molecule has 0 unspecified atom stereocenters.